The van der Waals surface area contributed by atoms with E-state index >= 15 is 0 Å². The molecule has 2 heteroatoms. The highest BCUT2D eigenvalue weighted by atomic mass is 16.3. The van der Waals surface area contributed by atoms with Crippen molar-refractivity contribution in [2.24, 2.45) is 5.92 Å². The minimum Gasteiger partial charge on any atom is -0.389 e. The Bertz CT molecular complexity index is 185. The Kier molecular flexibility index (Phi) is 3.13. The summed E-state index contributed by atoms with van der Waals surface area (Å²) in [4.78, 5) is 0. The summed E-state index contributed by atoms with van der Waals surface area (Å²) >= 11 is 0. The van der Waals surface area contributed by atoms with Crippen molar-refractivity contribution >= 4 is 0 Å². The molecule has 0 aromatic heterocycles. The number of aliphatic hydroxyl groups is 1. The Morgan fingerprint density at radius 2 is 1.93 bits per heavy atom. The van der Waals surface area contributed by atoms with Gasteiger partial charge in [-0.15, -0.1) is 0 Å². The molecule has 0 saturated heterocycles. The van der Waals surface area contributed by atoms with Crippen LogP contribution in [0.15, 0.2) is 0 Å². The maximum Gasteiger partial charge on any atom is 0.0772 e. The third-order valence-corrected chi connectivity index (χ3v) is 4.07. The second-order valence-electron chi connectivity index (χ2n) is 5.36. The van der Waals surface area contributed by atoms with Gasteiger partial charge in [0.05, 0.1) is 5.60 Å². The largest absolute Gasteiger partial charge is 0.389 e. The van der Waals surface area contributed by atoms with Crippen molar-refractivity contribution in [2.75, 3.05) is 6.54 Å². The monoisotopic (exact) mass is 197 g/mol. The van der Waals surface area contributed by atoms with Crippen LogP contribution in [0.5, 0.6) is 0 Å². The average molecular weight is 197 g/mol. The number of nitrogens with one attached hydrogen (secondary N) is 1. The average Bonchev–Trinajstić information content (AvgIpc) is 2.18. The van der Waals surface area contributed by atoms with Gasteiger partial charge < -0.3 is 10.4 Å². The lowest BCUT2D eigenvalue weighted by molar-refractivity contribution is -0.0530. The van der Waals surface area contributed by atoms with E-state index in [0.29, 0.717) is 6.04 Å². The molecule has 14 heavy (non-hydrogen) atoms. The third kappa shape index (κ3) is 2.29. The summed E-state index contributed by atoms with van der Waals surface area (Å²) in [7, 11) is 0. The van der Waals surface area contributed by atoms with E-state index in [2.05, 4.69) is 5.32 Å². The van der Waals surface area contributed by atoms with E-state index < -0.39 is 5.60 Å². The Labute approximate surface area is 87.1 Å². The van der Waals surface area contributed by atoms with Crippen LogP contribution < -0.4 is 5.32 Å². The lowest BCUT2D eigenvalue weighted by atomic mass is 9.76. The minimum absolute atomic E-state index is 0.365. The van der Waals surface area contributed by atoms with Crippen molar-refractivity contribution in [1.82, 2.24) is 5.32 Å². The van der Waals surface area contributed by atoms with Crippen LogP contribution in [0.2, 0.25) is 0 Å². The quantitative estimate of drug-likeness (QED) is 0.726. The van der Waals surface area contributed by atoms with Crippen LogP contribution in [-0.2, 0) is 0 Å². The van der Waals surface area contributed by atoms with E-state index in [1.807, 2.05) is 6.92 Å². The van der Waals surface area contributed by atoms with Gasteiger partial charge in [-0.05, 0) is 45.1 Å². The maximum atomic E-state index is 9.84. The van der Waals surface area contributed by atoms with Crippen molar-refractivity contribution in [3.8, 4) is 0 Å². The summed E-state index contributed by atoms with van der Waals surface area (Å²) in [5.41, 5.74) is -0.422. The number of rotatable bonds is 3. The van der Waals surface area contributed by atoms with E-state index in [-0.39, 0.29) is 0 Å². The number of hydrogen-bond donors (Lipinski definition) is 2. The second kappa shape index (κ2) is 4.19. The Hall–Kier alpha value is -0.0800. The van der Waals surface area contributed by atoms with Gasteiger partial charge in [0, 0.05) is 6.04 Å². The van der Waals surface area contributed by atoms with E-state index in [0.717, 1.165) is 25.3 Å². The predicted molar refractivity (Wildman–Crippen MR) is 58.2 cm³/mol. The number of hydrogen-bond acceptors (Lipinski definition) is 2. The predicted octanol–water partition coefficient (Wildman–Crippen LogP) is 2.07. The van der Waals surface area contributed by atoms with Gasteiger partial charge in [0.25, 0.3) is 0 Å². The molecule has 0 unspecified atom stereocenters. The van der Waals surface area contributed by atoms with Gasteiger partial charge in [0.1, 0.15) is 0 Å². The van der Waals surface area contributed by atoms with Crippen molar-refractivity contribution in [3.05, 3.63) is 0 Å². The molecule has 2 aliphatic rings. The highest BCUT2D eigenvalue weighted by Gasteiger charge is 2.40. The van der Waals surface area contributed by atoms with Gasteiger partial charge in [-0.3, -0.25) is 0 Å². The van der Waals surface area contributed by atoms with Crippen molar-refractivity contribution in [2.45, 2.75) is 63.5 Å². The zero-order valence-corrected chi connectivity index (χ0v) is 9.26. The van der Waals surface area contributed by atoms with E-state index in [4.69, 9.17) is 0 Å². The van der Waals surface area contributed by atoms with Crippen LogP contribution >= 0.6 is 0 Å². The van der Waals surface area contributed by atoms with Crippen LogP contribution in [0.25, 0.3) is 0 Å². The molecule has 0 radical (unpaired) electrons. The fraction of sp³-hybridized carbons (Fsp3) is 1.00. The fourth-order valence-corrected chi connectivity index (χ4v) is 2.73. The van der Waals surface area contributed by atoms with Crippen LogP contribution in [0.3, 0.4) is 0 Å². The first-order valence-corrected chi connectivity index (χ1v) is 6.14. The molecule has 2 rings (SSSR count). The third-order valence-electron chi connectivity index (χ3n) is 4.07. The van der Waals surface area contributed by atoms with Gasteiger partial charge in [0.2, 0.25) is 0 Å². The van der Waals surface area contributed by atoms with Crippen molar-refractivity contribution < 1.29 is 5.11 Å². The molecule has 2 fully saturated rings. The zero-order valence-electron chi connectivity index (χ0n) is 9.26. The molecule has 0 heterocycles. The lowest BCUT2D eigenvalue weighted by Crippen LogP contribution is -2.57. The van der Waals surface area contributed by atoms with E-state index in [1.54, 1.807) is 0 Å². The SMILES string of the molecule is C[C@]1(O)CC[C@@H]1NCC1CCCCC1. The van der Waals surface area contributed by atoms with Crippen molar-refractivity contribution in [3.63, 3.8) is 0 Å². The summed E-state index contributed by atoms with van der Waals surface area (Å²) in [6.07, 6.45) is 9.15. The highest BCUT2D eigenvalue weighted by molar-refractivity contribution is 4.98. The maximum absolute atomic E-state index is 9.84. The molecule has 0 aliphatic heterocycles. The van der Waals surface area contributed by atoms with Crippen LogP contribution in [0.1, 0.15) is 51.9 Å². The summed E-state index contributed by atoms with van der Waals surface area (Å²) in [6.45, 7) is 3.08. The van der Waals surface area contributed by atoms with E-state index in [1.165, 1.54) is 32.1 Å². The van der Waals surface area contributed by atoms with Gasteiger partial charge in [-0.25, -0.2) is 0 Å². The summed E-state index contributed by atoms with van der Waals surface area (Å²) in [5.74, 6) is 0.875. The standard InChI is InChI=1S/C12H23NO/c1-12(14)8-7-11(12)13-9-10-5-3-2-4-6-10/h10-11,13-14H,2-9H2,1H3/t11-,12-/m0/s1. The molecule has 2 nitrogen and oxygen atoms in total. The zero-order chi connectivity index (χ0) is 10.0. The molecule has 0 bridgehead atoms. The highest BCUT2D eigenvalue weighted by Crippen LogP contribution is 2.32. The molecule has 0 spiro atoms. The molecule has 82 valence electrons. The van der Waals surface area contributed by atoms with Gasteiger partial charge in [-0.2, -0.15) is 0 Å². The molecule has 0 aromatic rings. The first kappa shape index (κ1) is 10.4. The Balaban J connectivity index is 1.66. The van der Waals surface area contributed by atoms with Gasteiger partial charge >= 0.3 is 0 Å². The molecule has 0 aromatic carbocycles. The van der Waals surface area contributed by atoms with Gasteiger partial charge in [0.15, 0.2) is 0 Å². The fourth-order valence-electron chi connectivity index (χ4n) is 2.73. The lowest BCUT2D eigenvalue weighted by Gasteiger charge is -2.44. The normalized spacial score (nSPS) is 39.4. The molecule has 0 amide bonds. The summed E-state index contributed by atoms with van der Waals surface area (Å²) in [5, 5.41) is 13.4. The van der Waals surface area contributed by atoms with Crippen LogP contribution in [-0.4, -0.2) is 23.3 Å². The molecule has 2 N–H and O–H groups in total. The van der Waals surface area contributed by atoms with E-state index in [9.17, 15) is 5.11 Å². The first-order chi connectivity index (χ1) is 6.68. The molecule has 2 atom stereocenters. The summed E-state index contributed by atoms with van der Waals surface area (Å²) < 4.78 is 0. The minimum atomic E-state index is -0.422. The van der Waals surface area contributed by atoms with Crippen LogP contribution in [0.4, 0.5) is 0 Å². The smallest absolute Gasteiger partial charge is 0.0772 e. The first-order valence-electron chi connectivity index (χ1n) is 6.14. The summed E-state index contributed by atoms with van der Waals surface area (Å²) in [6, 6.07) is 0.365. The molecule has 2 saturated carbocycles. The van der Waals surface area contributed by atoms with Crippen LogP contribution in [0, 0.1) is 5.92 Å². The Morgan fingerprint density at radius 1 is 1.21 bits per heavy atom. The molecule has 2 aliphatic carbocycles. The molecular weight excluding hydrogens is 174 g/mol. The van der Waals surface area contributed by atoms with Gasteiger partial charge in [-0.1, -0.05) is 19.3 Å². The molecular formula is C12H23NO. The van der Waals surface area contributed by atoms with Crippen molar-refractivity contribution in [1.29, 1.82) is 0 Å². The topological polar surface area (TPSA) is 32.3 Å². The second-order valence-corrected chi connectivity index (χ2v) is 5.36. The Morgan fingerprint density at radius 3 is 2.43 bits per heavy atom.